The summed E-state index contributed by atoms with van der Waals surface area (Å²) in [5.74, 6) is -0.0178. The van der Waals surface area contributed by atoms with Crippen molar-refractivity contribution in [3.05, 3.63) is 30.3 Å². The Balaban J connectivity index is 1.78. The van der Waals surface area contributed by atoms with E-state index in [1.54, 1.807) is 12.1 Å². The molecule has 0 bridgehead atoms. The molecule has 138 valence electrons. The fourth-order valence-electron chi connectivity index (χ4n) is 2.56. The summed E-state index contributed by atoms with van der Waals surface area (Å²) in [6.07, 6.45) is 7.34. The van der Waals surface area contributed by atoms with E-state index in [2.05, 4.69) is 27.8 Å². The summed E-state index contributed by atoms with van der Waals surface area (Å²) in [4.78, 5) is 0. The molecule has 0 saturated heterocycles. The first-order valence-corrected chi connectivity index (χ1v) is 10.6. The number of aromatic nitrogens is 4. The number of hydrogen-bond donors (Lipinski definition) is 1. The van der Waals surface area contributed by atoms with Gasteiger partial charge in [-0.2, -0.15) is 4.68 Å². The molecule has 2 aromatic rings. The monoisotopic (exact) mass is 365 g/mol. The van der Waals surface area contributed by atoms with Crippen LogP contribution >= 0.6 is 0 Å². The van der Waals surface area contributed by atoms with Crippen LogP contribution in [-0.4, -0.2) is 47.5 Å². The van der Waals surface area contributed by atoms with Gasteiger partial charge in [0.25, 0.3) is 5.16 Å². The van der Waals surface area contributed by atoms with E-state index in [-0.39, 0.29) is 10.9 Å². The lowest BCUT2D eigenvalue weighted by molar-refractivity contribution is 0.564. The average Bonchev–Trinajstić information content (AvgIpc) is 3.12. The van der Waals surface area contributed by atoms with Gasteiger partial charge in [0.1, 0.15) is 0 Å². The third-order valence-corrected chi connectivity index (χ3v) is 5.53. The zero-order valence-electron chi connectivity index (χ0n) is 14.8. The van der Waals surface area contributed by atoms with Crippen LogP contribution in [0.15, 0.2) is 35.5 Å². The van der Waals surface area contributed by atoms with Crippen molar-refractivity contribution < 1.29 is 8.42 Å². The molecule has 0 aliphatic rings. The molecule has 1 aromatic carbocycles. The molecule has 0 saturated carbocycles. The Hall–Kier alpha value is -1.80. The van der Waals surface area contributed by atoms with E-state index < -0.39 is 9.84 Å². The molecule has 0 unspecified atom stereocenters. The predicted octanol–water partition coefficient (Wildman–Crippen LogP) is 2.39. The van der Waals surface area contributed by atoms with Crippen LogP contribution in [0.4, 0.5) is 0 Å². The molecule has 1 N–H and O–H groups in total. The summed E-state index contributed by atoms with van der Waals surface area (Å²) >= 11 is 0. The highest BCUT2D eigenvalue weighted by Gasteiger charge is 2.23. The number of nitrogens with one attached hydrogen (secondary N) is 1. The topological polar surface area (TPSA) is 89.8 Å². The third kappa shape index (κ3) is 6.21. The van der Waals surface area contributed by atoms with Gasteiger partial charge >= 0.3 is 0 Å². The third-order valence-electron chi connectivity index (χ3n) is 3.97. The largest absolute Gasteiger partial charge is 0.316 e. The fraction of sp³-hybridized carbons (Fsp3) is 0.588. The predicted molar refractivity (Wildman–Crippen MR) is 97.5 cm³/mol. The van der Waals surface area contributed by atoms with Crippen LogP contribution in [0.3, 0.4) is 0 Å². The Morgan fingerprint density at radius 3 is 2.48 bits per heavy atom. The van der Waals surface area contributed by atoms with Gasteiger partial charge in [0.05, 0.1) is 11.4 Å². The van der Waals surface area contributed by atoms with Crippen molar-refractivity contribution in [3.8, 4) is 5.69 Å². The van der Waals surface area contributed by atoms with Crippen molar-refractivity contribution in [2.45, 2.75) is 50.6 Å². The zero-order chi connectivity index (χ0) is 18.0. The van der Waals surface area contributed by atoms with Crippen LogP contribution in [0.2, 0.25) is 0 Å². The van der Waals surface area contributed by atoms with Crippen LogP contribution in [-0.2, 0) is 9.84 Å². The number of benzene rings is 1. The highest BCUT2D eigenvalue weighted by Crippen LogP contribution is 2.12. The van der Waals surface area contributed by atoms with E-state index in [1.807, 2.05) is 18.2 Å². The highest BCUT2D eigenvalue weighted by molar-refractivity contribution is 7.91. The lowest BCUT2D eigenvalue weighted by atomic mass is 10.1. The minimum Gasteiger partial charge on any atom is -0.316 e. The molecule has 0 aliphatic carbocycles. The zero-order valence-corrected chi connectivity index (χ0v) is 15.6. The van der Waals surface area contributed by atoms with Gasteiger partial charge in [-0.05, 0) is 35.5 Å². The first-order valence-electron chi connectivity index (χ1n) is 8.92. The lowest BCUT2D eigenvalue weighted by Crippen LogP contribution is -2.25. The minimum atomic E-state index is -3.54. The van der Waals surface area contributed by atoms with E-state index >= 15 is 0 Å². The molecular weight excluding hydrogens is 338 g/mol. The van der Waals surface area contributed by atoms with Gasteiger partial charge in [0, 0.05) is 6.54 Å². The first-order chi connectivity index (χ1) is 12.1. The van der Waals surface area contributed by atoms with Gasteiger partial charge in [0.2, 0.25) is 9.84 Å². The van der Waals surface area contributed by atoms with E-state index in [4.69, 9.17) is 0 Å². The summed E-state index contributed by atoms with van der Waals surface area (Å²) in [7, 11) is -3.54. The fourth-order valence-corrected chi connectivity index (χ4v) is 3.72. The maximum atomic E-state index is 12.5. The lowest BCUT2D eigenvalue weighted by Gasteiger charge is -2.07. The minimum absolute atomic E-state index is 0.0178. The van der Waals surface area contributed by atoms with Crippen LogP contribution in [0, 0.1) is 0 Å². The molecule has 8 heteroatoms. The van der Waals surface area contributed by atoms with Gasteiger partial charge in [-0.25, -0.2) is 8.42 Å². The Bertz CT molecular complexity index is 716. The summed E-state index contributed by atoms with van der Waals surface area (Å²) in [5.41, 5.74) is 0.631. The molecular formula is C17H27N5O2S. The van der Waals surface area contributed by atoms with Crippen LogP contribution in [0.1, 0.15) is 45.4 Å². The molecule has 0 radical (unpaired) electrons. The van der Waals surface area contributed by atoms with Gasteiger partial charge in [-0.1, -0.05) is 62.3 Å². The van der Waals surface area contributed by atoms with Crippen molar-refractivity contribution in [2.75, 3.05) is 18.8 Å². The number of nitrogens with zero attached hydrogens (tertiary/aromatic N) is 4. The van der Waals surface area contributed by atoms with Crippen molar-refractivity contribution in [3.63, 3.8) is 0 Å². The van der Waals surface area contributed by atoms with Crippen LogP contribution in [0.5, 0.6) is 0 Å². The standard InChI is InChI=1S/C17H27N5O2S/c1-2-3-4-5-6-10-13-18-14-15-25(23,24)17-19-20-21-22(17)16-11-8-7-9-12-16/h7-9,11-12,18H,2-6,10,13-15H2,1H3. The summed E-state index contributed by atoms with van der Waals surface area (Å²) in [6.45, 7) is 3.44. The van der Waals surface area contributed by atoms with Crippen molar-refractivity contribution in [1.29, 1.82) is 0 Å². The first kappa shape index (κ1) is 19.5. The van der Waals surface area contributed by atoms with Gasteiger partial charge < -0.3 is 5.32 Å². The highest BCUT2D eigenvalue weighted by atomic mass is 32.2. The number of rotatable bonds is 12. The number of tetrazole rings is 1. The van der Waals surface area contributed by atoms with Gasteiger partial charge in [0.15, 0.2) is 0 Å². The summed E-state index contributed by atoms with van der Waals surface area (Å²) in [5, 5.41) is 14.1. The van der Waals surface area contributed by atoms with E-state index in [0.717, 1.165) is 13.0 Å². The normalized spacial score (nSPS) is 11.7. The number of unbranched alkanes of at least 4 members (excludes halogenated alkanes) is 5. The molecule has 0 fully saturated rings. The second-order valence-corrected chi connectivity index (χ2v) is 8.05. The quantitative estimate of drug-likeness (QED) is 0.581. The van der Waals surface area contributed by atoms with Crippen molar-refractivity contribution in [1.82, 2.24) is 25.5 Å². The Morgan fingerprint density at radius 2 is 1.72 bits per heavy atom. The Kier molecular flexibility index (Phi) is 8.00. The van der Waals surface area contributed by atoms with Crippen LogP contribution in [0.25, 0.3) is 5.69 Å². The molecule has 0 amide bonds. The van der Waals surface area contributed by atoms with Crippen LogP contribution < -0.4 is 5.32 Å². The number of sulfone groups is 1. The van der Waals surface area contributed by atoms with Gasteiger partial charge in [-0.3, -0.25) is 0 Å². The maximum Gasteiger partial charge on any atom is 0.272 e. The second-order valence-electron chi connectivity index (χ2n) is 6.05. The SMILES string of the molecule is CCCCCCCCNCCS(=O)(=O)c1nnnn1-c1ccccc1. The summed E-state index contributed by atoms with van der Waals surface area (Å²) in [6, 6.07) is 9.03. The average molecular weight is 366 g/mol. The van der Waals surface area contributed by atoms with E-state index in [0.29, 0.717) is 12.2 Å². The Morgan fingerprint density at radius 1 is 1.00 bits per heavy atom. The van der Waals surface area contributed by atoms with E-state index in [9.17, 15) is 8.42 Å². The van der Waals surface area contributed by atoms with Crippen molar-refractivity contribution >= 4 is 9.84 Å². The molecule has 7 nitrogen and oxygen atoms in total. The molecule has 0 aliphatic heterocycles. The van der Waals surface area contributed by atoms with E-state index in [1.165, 1.54) is 36.8 Å². The molecule has 0 spiro atoms. The molecule has 25 heavy (non-hydrogen) atoms. The molecule has 0 atom stereocenters. The molecule has 1 heterocycles. The Labute approximate surface area is 149 Å². The van der Waals surface area contributed by atoms with Gasteiger partial charge in [-0.15, -0.1) is 0 Å². The number of hydrogen-bond acceptors (Lipinski definition) is 6. The smallest absolute Gasteiger partial charge is 0.272 e. The molecule has 2 rings (SSSR count). The van der Waals surface area contributed by atoms with Crippen molar-refractivity contribution in [2.24, 2.45) is 0 Å². The maximum absolute atomic E-state index is 12.5. The second kappa shape index (κ2) is 10.2. The summed E-state index contributed by atoms with van der Waals surface area (Å²) < 4.78 is 26.2. The molecule has 1 aromatic heterocycles. The number of para-hydroxylation sites is 1.